The molecule has 3 aromatic rings. The summed E-state index contributed by atoms with van der Waals surface area (Å²) in [7, 11) is 1.77. The Morgan fingerprint density at radius 3 is 2.38 bits per heavy atom. The third-order valence-corrected chi connectivity index (χ3v) is 4.09. The summed E-state index contributed by atoms with van der Waals surface area (Å²) in [5.74, 6) is 0.0635. The molecule has 0 aliphatic carbocycles. The van der Waals surface area contributed by atoms with E-state index >= 15 is 0 Å². The van der Waals surface area contributed by atoms with Crippen molar-refractivity contribution in [1.82, 2.24) is 14.8 Å². The van der Waals surface area contributed by atoms with Gasteiger partial charge in [0.15, 0.2) is 0 Å². The summed E-state index contributed by atoms with van der Waals surface area (Å²) in [6.45, 7) is 3.75. The number of aromatic nitrogens is 3. The van der Waals surface area contributed by atoms with Crippen molar-refractivity contribution in [3.8, 4) is 34.0 Å². The zero-order chi connectivity index (χ0) is 15.1. The van der Waals surface area contributed by atoms with Crippen LogP contribution in [0.3, 0.4) is 0 Å². The molecule has 0 aliphatic heterocycles. The Labute approximate surface area is 126 Å². The van der Waals surface area contributed by atoms with Crippen molar-refractivity contribution in [2.75, 3.05) is 0 Å². The van der Waals surface area contributed by atoms with E-state index in [4.69, 9.17) is 0 Å². The van der Waals surface area contributed by atoms with Gasteiger partial charge in [0.1, 0.15) is 11.5 Å². The van der Waals surface area contributed by atoms with Gasteiger partial charge in [0, 0.05) is 18.0 Å². The van der Waals surface area contributed by atoms with Crippen LogP contribution >= 0.6 is 11.3 Å². The van der Waals surface area contributed by atoms with Crippen molar-refractivity contribution in [3.05, 3.63) is 34.3 Å². The van der Waals surface area contributed by atoms with Gasteiger partial charge in [0.25, 0.3) is 0 Å². The highest BCUT2D eigenvalue weighted by Crippen LogP contribution is 2.42. The lowest BCUT2D eigenvalue weighted by atomic mass is 10.0. The monoisotopic (exact) mass is 301 g/mol. The summed E-state index contributed by atoms with van der Waals surface area (Å²) in [5.41, 5.74) is 3.40. The number of hydrogen-bond acceptors (Lipinski definition) is 5. The van der Waals surface area contributed by atoms with E-state index in [2.05, 4.69) is 10.1 Å². The molecule has 2 N–H and O–H groups in total. The van der Waals surface area contributed by atoms with Gasteiger partial charge in [0.2, 0.25) is 0 Å². The van der Waals surface area contributed by atoms with Gasteiger partial charge < -0.3 is 10.2 Å². The standard InChI is InChI=1S/C15H15N3O2S/c1-8-4-12(19)14(13(20)5-8)15-10(6-16-18(15)3)11-7-21-9(2)17-11/h4-7,19-20H,1-3H3. The fraction of sp³-hybridized carbons (Fsp3) is 0.200. The second kappa shape index (κ2) is 4.89. The Hall–Kier alpha value is -2.34. The summed E-state index contributed by atoms with van der Waals surface area (Å²) in [5, 5.41) is 27.6. The predicted octanol–water partition coefficient (Wildman–Crippen LogP) is 3.24. The maximum Gasteiger partial charge on any atom is 0.128 e. The molecule has 0 aliphatic rings. The highest BCUT2D eigenvalue weighted by Gasteiger charge is 2.21. The molecule has 0 amide bonds. The Kier molecular flexibility index (Phi) is 3.17. The van der Waals surface area contributed by atoms with Crippen LogP contribution in [0.4, 0.5) is 0 Å². The Balaban J connectivity index is 2.27. The Morgan fingerprint density at radius 2 is 1.81 bits per heavy atom. The van der Waals surface area contributed by atoms with E-state index in [1.54, 1.807) is 41.4 Å². The summed E-state index contributed by atoms with van der Waals surface area (Å²) < 4.78 is 1.63. The highest BCUT2D eigenvalue weighted by atomic mass is 32.1. The number of nitrogens with zero attached hydrogens (tertiary/aromatic N) is 3. The van der Waals surface area contributed by atoms with Crippen LogP contribution in [-0.2, 0) is 7.05 Å². The van der Waals surface area contributed by atoms with Crippen molar-refractivity contribution in [1.29, 1.82) is 0 Å². The van der Waals surface area contributed by atoms with E-state index in [1.807, 2.05) is 19.2 Å². The lowest BCUT2D eigenvalue weighted by molar-refractivity contribution is 0.452. The summed E-state index contributed by atoms with van der Waals surface area (Å²) in [6.07, 6.45) is 1.70. The van der Waals surface area contributed by atoms with Crippen LogP contribution in [0.25, 0.3) is 22.5 Å². The van der Waals surface area contributed by atoms with Crippen molar-refractivity contribution in [3.63, 3.8) is 0 Å². The van der Waals surface area contributed by atoms with Crippen LogP contribution in [0.2, 0.25) is 0 Å². The minimum Gasteiger partial charge on any atom is -0.507 e. The molecule has 0 fully saturated rings. The SMILES string of the molecule is Cc1cc(O)c(-c2c(-c3csc(C)n3)cnn2C)c(O)c1. The second-order valence-corrected chi connectivity index (χ2v) is 6.02. The molecular weight excluding hydrogens is 286 g/mol. The van der Waals surface area contributed by atoms with Gasteiger partial charge in [-0.3, -0.25) is 4.68 Å². The summed E-state index contributed by atoms with van der Waals surface area (Å²) in [4.78, 5) is 4.46. The number of phenolic OH excluding ortho intramolecular Hbond substituents is 2. The molecule has 108 valence electrons. The van der Waals surface area contributed by atoms with E-state index in [0.29, 0.717) is 11.3 Å². The van der Waals surface area contributed by atoms with E-state index in [-0.39, 0.29) is 11.5 Å². The van der Waals surface area contributed by atoms with E-state index < -0.39 is 0 Å². The Morgan fingerprint density at radius 1 is 1.14 bits per heavy atom. The molecule has 1 aromatic carbocycles. The van der Waals surface area contributed by atoms with E-state index in [1.165, 1.54) is 0 Å². The molecular formula is C15H15N3O2S. The van der Waals surface area contributed by atoms with Crippen LogP contribution in [0, 0.1) is 13.8 Å². The van der Waals surface area contributed by atoms with Crippen molar-refractivity contribution in [2.24, 2.45) is 7.05 Å². The van der Waals surface area contributed by atoms with Crippen LogP contribution in [0.1, 0.15) is 10.6 Å². The topological polar surface area (TPSA) is 71.2 Å². The first-order valence-corrected chi connectivity index (χ1v) is 7.32. The Bertz CT molecular complexity index is 797. The van der Waals surface area contributed by atoms with Gasteiger partial charge in [-0.2, -0.15) is 5.10 Å². The number of rotatable bonds is 2. The van der Waals surface area contributed by atoms with Gasteiger partial charge in [-0.25, -0.2) is 4.98 Å². The predicted molar refractivity (Wildman–Crippen MR) is 82.6 cm³/mol. The molecule has 0 saturated heterocycles. The summed E-state index contributed by atoms with van der Waals surface area (Å²) in [6, 6.07) is 3.25. The minimum atomic E-state index is 0.0318. The number of hydrogen-bond donors (Lipinski definition) is 2. The first-order valence-electron chi connectivity index (χ1n) is 6.45. The zero-order valence-corrected chi connectivity index (χ0v) is 12.8. The minimum absolute atomic E-state index is 0.0318. The average Bonchev–Trinajstić information content (AvgIpc) is 2.96. The zero-order valence-electron chi connectivity index (χ0n) is 12.0. The second-order valence-electron chi connectivity index (χ2n) is 4.96. The molecule has 2 heterocycles. The highest BCUT2D eigenvalue weighted by molar-refractivity contribution is 7.09. The summed E-state index contributed by atoms with van der Waals surface area (Å²) >= 11 is 1.55. The first kappa shape index (κ1) is 13.6. The molecule has 5 nitrogen and oxygen atoms in total. The maximum atomic E-state index is 10.2. The third kappa shape index (κ3) is 2.27. The molecule has 0 unspecified atom stereocenters. The number of aryl methyl sites for hydroxylation is 3. The molecule has 0 radical (unpaired) electrons. The van der Waals surface area contributed by atoms with Crippen molar-refractivity contribution >= 4 is 11.3 Å². The van der Waals surface area contributed by atoms with Crippen molar-refractivity contribution < 1.29 is 10.2 Å². The average molecular weight is 301 g/mol. The molecule has 0 atom stereocenters. The maximum absolute atomic E-state index is 10.2. The van der Waals surface area contributed by atoms with Crippen molar-refractivity contribution in [2.45, 2.75) is 13.8 Å². The lowest BCUT2D eigenvalue weighted by Crippen LogP contribution is -1.96. The normalized spacial score (nSPS) is 11.0. The largest absolute Gasteiger partial charge is 0.507 e. The van der Waals surface area contributed by atoms with Gasteiger partial charge in [-0.1, -0.05) is 0 Å². The van der Waals surface area contributed by atoms with Gasteiger partial charge in [0.05, 0.1) is 28.2 Å². The fourth-order valence-electron chi connectivity index (χ4n) is 2.40. The van der Waals surface area contributed by atoms with E-state index in [0.717, 1.165) is 21.8 Å². The van der Waals surface area contributed by atoms with E-state index in [9.17, 15) is 10.2 Å². The smallest absolute Gasteiger partial charge is 0.128 e. The number of phenols is 2. The van der Waals surface area contributed by atoms with Crippen LogP contribution in [0.15, 0.2) is 23.7 Å². The molecule has 0 saturated carbocycles. The molecule has 0 bridgehead atoms. The van der Waals surface area contributed by atoms with Gasteiger partial charge in [-0.15, -0.1) is 11.3 Å². The van der Waals surface area contributed by atoms with Gasteiger partial charge in [-0.05, 0) is 31.5 Å². The van der Waals surface area contributed by atoms with Crippen LogP contribution < -0.4 is 0 Å². The molecule has 21 heavy (non-hydrogen) atoms. The number of aromatic hydroxyl groups is 2. The van der Waals surface area contributed by atoms with Crippen LogP contribution in [0.5, 0.6) is 11.5 Å². The third-order valence-electron chi connectivity index (χ3n) is 3.31. The quantitative estimate of drug-likeness (QED) is 0.762. The first-order chi connectivity index (χ1) is 9.97. The molecule has 6 heteroatoms. The lowest BCUT2D eigenvalue weighted by Gasteiger charge is -2.10. The molecule has 2 aromatic heterocycles. The molecule has 3 rings (SSSR count). The van der Waals surface area contributed by atoms with Crippen LogP contribution in [-0.4, -0.2) is 25.0 Å². The number of thiazole rings is 1. The fourth-order valence-corrected chi connectivity index (χ4v) is 3.01. The molecule has 0 spiro atoms. The number of benzene rings is 1. The van der Waals surface area contributed by atoms with Gasteiger partial charge >= 0.3 is 0 Å².